The van der Waals surface area contributed by atoms with E-state index < -0.39 is 23.3 Å². The van der Waals surface area contributed by atoms with Gasteiger partial charge in [-0.05, 0) is 16.0 Å². The SMILES string of the molecule is O=C(OCc1cccc2c1=CC1C=CC=CC1C=2)C(F)(F)SOO[O-]. The first-order valence-electron chi connectivity index (χ1n) is 7.37. The molecule has 0 spiro atoms. The Labute approximate surface area is 145 Å². The highest BCUT2D eigenvalue weighted by atomic mass is 32.2. The van der Waals surface area contributed by atoms with Crippen LogP contribution in [-0.2, 0) is 25.5 Å². The molecule has 1 aromatic rings. The number of halogens is 2. The molecule has 2 atom stereocenters. The normalized spacial score (nSPS) is 20.9. The third-order valence-corrected chi connectivity index (χ3v) is 4.45. The van der Waals surface area contributed by atoms with Gasteiger partial charge in [-0.1, -0.05) is 54.7 Å². The predicted molar refractivity (Wildman–Crippen MR) is 84.4 cm³/mol. The molecule has 0 saturated heterocycles. The maximum atomic E-state index is 13.4. The van der Waals surface area contributed by atoms with Gasteiger partial charge >= 0.3 is 11.2 Å². The molecule has 25 heavy (non-hydrogen) atoms. The molecule has 8 heteroatoms. The van der Waals surface area contributed by atoms with E-state index in [1.807, 2.05) is 24.3 Å². The number of allylic oxidation sites excluding steroid dienone is 4. The molecule has 2 aliphatic carbocycles. The van der Waals surface area contributed by atoms with Crippen LogP contribution in [-0.4, -0.2) is 11.2 Å². The van der Waals surface area contributed by atoms with E-state index in [1.165, 1.54) is 0 Å². The number of hydrogen-bond acceptors (Lipinski definition) is 6. The highest BCUT2D eigenvalue weighted by Crippen LogP contribution is 2.31. The van der Waals surface area contributed by atoms with E-state index in [4.69, 9.17) is 0 Å². The Morgan fingerprint density at radius 1 is 1.20 bits per heavy atom. The van der Waals surface area contributed by atoms with E-state index >= 15 is 0 Å². The van der Waals surface area contributed by atoms with Crippen LogP contribution in [0.4, 0.5) is 8.78 Å². The molecule has 3 rings (SSSR count). The zero-order chi connectivity index (χ0) is 17.9. The molecule has 0 aromatic heterocycles. The van der Waals surface area contributed by atoms with Crippen LogP contribution in [0.2, 0.25) is 0 Å². The predicted octanol–water partition coefficient (Wildman–Crippen LogP) is 1.13. The number of rotatable bonds is 6. The number of fused-ring (bicyclic) bond motifs is 2. The Morgan fingerprint density at radius 3 is 2.64 bits per heavy atom. The van der Waals surface area contributed by atoms with Crippen molar-refractivity contribution in [3.05, 3.63) is 58.5 Å². The number of hydrogen-bond donors (Lipinski definition) is 0. The fourth-order valence-corrected chi connectivity index (χ4v) is 3.04. The second kappa shape index (κ2) is 7.49. The number of carbonyl (C=O) groups excluding carboxylic acids is 1. The summed E-state index contributed by atoms with van der Waals surface area (Å²) in [4.78, 5) is 11.5. The van der Waals surface area contributed by atoms with Crippen molar-refractivity contribution in [1.29, 1.82) is 0 Å². The summed E-state index contributed by atoms with van der Waals surface area (Å²) in [6, 6.07) is 5.40. The van der Waals surface area contributed by atoms with Gasteiger partial charge in [0, 0.05) is 11.8 Å². The van der Waals surface area contributed by atoms with Crippen LogP contribution in [0.25, 0.3) is 12.2 Å². The van der Waals surface area contributed by atoms with Crippen LogP contribution < -0.4 is 15.7 Å². The molecule has 0 saturated carbocycles. The Bertz CT molecular complexity index is 834. The largest absolute Gasteiger partial charge is 0.691 e. The van der Waals surface area contributed by atoms with Crippen molar-refractivity contribution in [2.75, 3.05) is 0 Å². The number of benzene rings is 1. The molecule has 0 heterocycles. The van der Waals surface area contributed by atoms with Gasteiger partial charge < -0.3 is 9.99 Å². The Kier molecular flexibility index (Phi) is 5.33. The average Bonchev–Trinajstić information content (AvgIpc) is 2.62. The van der Waals surface area contributed by atoms with Gasteiger partial charge in [0.2, 0.25) is 0 Å². The standard InChI is InChI=1S/C17H14F2O5S/c18-17(19,25-24-23-21)16(20)22-10-14-7-3-6-13-8-11-4-1-2-5-12(11)9-15(13)14/h1-9,11-12,21H,10H2/p-1. The molecule has 0 amide bonds. The molecule has 0 aliphatic heterocycles. The minimum atomic E-state index is -4.04. The van der Waals surface area contributed by atoms with Crippen LogP contribution >= 0.6 is 12.0 Å². The van der Waals surface area contributed by atoms with Crippen LogP contribution in [0.5, 0.6) is 0 Å². The molecule has 0 N–H and O–H groups in total. The van der Waals surface area contributed by atoms with Gasteiger partial charge in [-0.15, -0.1) is 0 Å². The lowest BCUT2D eigenvalue weighted by Crippen LogP contribution is -2.36. The van der Waals surface area contributed by atoms with Gasteiger partial charge in [0.15, 0.2) is 0 Å². The third kappa shape index (κ3) is 3.98. The van der Waals surface area contributed by atoms with Gasteiger partial charge in [-0.25, -0.2) is 4.79 Å². The summed E-state index contributed by atoms with van der Waals surface area (Å²) in [5.74, 6) is -1.39. The lowest BCUT2D eigenvalue weighted by molar-refractivity contribution is -0.777. The second-order valence-electron chi connectivity index (χ2n) is 5.49. The molecule has 2 aliphatic rings. The Morgan fingerprint density at radius 2 is 1.92 bits per heavy atom. The van der Waals surface area contributed by atoms with Gasteiger partial charge in [0.05, 0.1) is 0 Å². The number of carbonyl (C=O) groups is 1. The van der Waals surface area contributed by atoms with Gasteiger partial charge in [-0.3, -0.25) is 5.04 Å². The first kappa shape index (κ1) is 17.8. The molecule has 0 fully saturated rings. The number of ether oxygens (including phenoxy) is 1. The summed E-state index contributed by atoms with van der Waals surface area (Å²) in [6.07, 6.45) is 12.2. The average molecular weight is 367 g/mol. The molecule has 1 aromatic carbocycles. The molecule has 132 valence electrons. The number of alkyl halides is 2. The monoisotopic (exact) mass is 367 g/mol. The van der Waals surface area contributed by atoms with Gasteiger partial charge in [0.1, 0.15) is 18.6 Å². The van der Waals surface area contributed by atoms with Crippen LogP contribution in [0.15, 0.2) is 42.5 Å². The summed E-state index contributed by atoms with van der Waals surface area (Å²) >= 11 is -0.708. The van der Waals surface area contributed by atoms with E-state index in [-0.39, 0.29) is 18.4 Å². The Balaban J connectivity index is 1.79. The molecule has 2 unspecified atom stereocenters. The highest BCUT2D eigenvalue weighted by molar-refractivity contribution is 7.96. The van der Waals surface area contributed by atoms with Gasteiger partial charge in [0.25, 0.3) is 0 Å². The first-order chi connectivity index (χ1) is 12.0. The van der Waals surface area contributed by atoms with Crippen molar-refractivity contribution in [3.8, 4) is 0 Å². The summed E-state index contributed by atoms with van der Waals surface area (Å²) in [6.45, 7) is -0.322. The van der Waals surface area contributed by atoms with Crippen LogP contribution in [0.3, 0.4) is 0 Å². The maximum Gasteiger partial charge on any atom is 0.415 e. The van der Waals surface area contributed by atoms with Crippen molar-refractivity contribution < 1.29 is 32.9 Å². The maximum absolute atomic E-state index is 13.4. The van der Waals surface area contributed by atoms with Crippen molar-refractivity contribution in [2.45, 2.75) is 11.9 Å². The molecule has 5 nitrogen and oxygen atoms in total. The zero-order valence-electron chi connectivity index (χ0n) is 12.8. The minimum absolute atomic E-state index is 0.175. The smallest absolute Gasteiger partial charge is 0.415 e. The zero-order valence-corrected chi connectivity index (χ0v) is 13.6. The fourth-order valence-electron chi connectivity index (χ4n) is 2.80. The van der Waals surface area contributed by atoms with E-state index in [0.29, 0.717) is 5.56 Å². The lowest BCUT2D eigenvalue weighted by Gasteiger charge is -2.22. The van der Waals surface area contributed by atoms with Crippen molar-refractivity contribution in [3.63, 3.8) is 0 Å². The molecular formula is C17H13F2O5S-. The van der Waals surface area contributed by atoms with Crippen LogP contribution in [0, 0.1) is 11.8 Å². The molecule has 0 radical (unpaired) electrons. The van der Waals surface area contributed by atoms with Crippen molar-refractivity contribution >= 4 is 30.2 Å². The quantitative estimate of drug-likeness (QED) is 0.325. The van der Waals surface area contributed by atoms with E-state index in [0.717, 1.165) is 10.4 Å². The summed E-state index contributed by atoms with van der Waals surface area (Å²) in [5.41, 5.74) is 0.616. The summed E-state index contributed by atoms with van der Waals surface area (Å²) in [5, 5.41) is 10.2. The van der Waals surface area contributed by atoms with Crippen LogP contribution in [0.1, 0.15) is 5.56 Å². The fraction of sp³-hybridized carbons (Fsp3) is 0.235. The van der Waals surface area contributed by atoms with Crippen molar-refractivity contribution in [2.24, 2.45) is 11.8 Å². The first-order valence-corrected chi connectivity index (χ1v) is 8.11. The summed E-state index contributed by atoms with van der Waals surface area (Å²) < 4.78 is 34.9. The topological polar surface area (TPSA) is 67.8 Å². The molecule has 0 bridgehead atoms. The second-order valence-corrected chi connectivity index (χ2v) is 6.31. The van der Waals surface area contributed by atoms with E-state index in [9.17, 15) is 18.8 Å². The summed E-state index contributed by atoms with van der Waals surface area (Å²) in [7, 11) is 0. The van der Waals surface area contributed by atoms with E-state index in [1.54, 1.807) is 12.1 Å². The highest BCUT2D eigenvalue weighted by Gasteiger charge is 2.43. The van der Waals surface area contributed by atoms with Crippen molar-refractivity contribution in [1.82, 2.24) is 0 Å². The molecular weight excluding hydrogens is 354 g/mol. The van der Waals surface area contributed by atoms with Gasteiger partial charge in [-0.2, -0.15) is 13.1 Å². The van der Waals surface area contributed by atoms with E-state index in [2.05, 4.69) is 32.3 Å². The Hall–Kier alpha value is -2.00. The lowest BCUT2D eigenvalue weighted by atomic mass is 9.83. The third-order valence-electron chi connectivity index (χ3n) is 3.95. The minimum Gasteiger partial charge on any atom is -0.691 e. The number of esters is 1.